The number of halogens is 1. The molecule has 2 aromatic heterocycles. The molecule has 4 nitrogen and oxygen atoms in total. The minimum atomic E-state index is -0.277. The summed E-state index contributed by atoms with van der Waals surface area (Å²) in [5, 5.41) is 1.03. The van der Waals surface area contributed by atoms with Crippen LogP contribution in [0.1, 0.15) is 23.7 Å². The maximum Gasteiger partial charge on any atom is 0.238 e. The van der Waals surface area contributed by atoms with Crippen molar-refractivity contribution in [1.29, 1.82) is 0 Å². The Hall–Kier alpha value is -2.69. The second-order valence-corrected chi connectivity index (χ2v) is 5.93. The number of aryl methyl sites for hydroxylation is 1. The van der Waals surface area contributed by atoms with Crippen LogP contribution in [0.2, 0.25) is 0 Å². The number of nitrogens with zero attached hydrogens (tertiary/aromatic N) is 2. The highest BCUT2D eigenvalue weighted by Crippen LogP contribution is 2.31. The number of pyridine rings is 1. The lowest BCUT2D eigenvalue weighted by molar-refractivity contribution is -0.117. The molecule has 1 aromatic carbocycles. The summed E-state index contributed by atoms with van der Waals surface area (Å²) in [4.78, 5) is 16.0. The van der Waals surface area contributed by atoms with Crippen molar-refractivity contribution >= 4 is 16.7 Å². The van der Waals surface area contributed by atoms with Crippen LogP contribution in [0.4, 0.5) is 4.39 Å². The number of hydrogen-bond acceptors (Lipinski definition) is 3. The molecule has 0 aliphatic heterocycles. The second kappa shape index (κ2) is 6.43. The van der Waals surface area contributed by atoms with Crippen molar-refractivity contribution in [3.63, 3.8) is 0 Å². The molecule has 0 fully saturated rings. The molecule has 124 valence electrons. The molecule has 0 saturated heterocycles. The van der Waals surface area contributed by atoms with E-state index in [9.17, 15) is 9.18 Å². The van der Waals surface area contributed by atoms with Crippen molar-refractivity contribution < 1.29 is 13.9 Å². The van der Waals surface area contributed by atoms with Gasteiger partial charge < -0.3 is 9.30 Å². The van der Waals surface area contributed by atoms with Crippen LogP contribution in [0.15, 0.2) is 36.5 Å². The van der Waals surface area contributed by atoms with E-state index in [4.69, 9.17) is 4.74 Å². The first-order chi connectivity index (χ1) is 11.5. The molecule has 0 saturated carbocycles. The molecular weight excluding hydrogens is 307 g/mol. The molecule has 3 aromatic rings. The molecule has 0 N–H and O–H groups in total. The first-order valence-electron chi connectivity index (χ1n) is 7.78. The van der Waals surface area contributed by atoms with E-state index in [0.717, 1.165) is 27.7 Å². The van der Waals surface area contributed by atoms with Gasteiger partial charge in [-0.1, -0.05) is 12.1 Å². The summed E-state index contributed by atoms with van der Waals surface area (Å²) in [6.07, 6.45) is 1.70. The molecule has 3 rings (SSSR count). The first-order valence-corrected chi connectivity index (χ1v) is 7.78. The Morgan fingerprint density at radius 1 is 1.21 bits per heavy atom. The Morgan fingerprint density at radius 3 is 2.58 bits per heavy atom. The fourth-order valence-electron chi connectivity index (χ4n) is 2.82. The van der Waals surface area contributed by atoms with Crippen LogP contribution in [0.25, 0.3) is 10.9 Å². The highest BCUT2D eigenvalue weighted by atomic mass is 19.1. The number of rotatable bonds is 5. The van der Waals surface area contributed by atoms with Crippen LogP contribution >= 0.6 is 0 Å². The van der Waals surface area contributed by atoms with Crippen molar-refractivity contribution in [1.82, 2.24) is 9.55 Å². The van der Waals surface area contributed by atoms with E-state index in [0.29, 0.717) is 5.88 Å². The summed E-state index contributed by atoms with van der Waals surface area (Å²) in [6, 6.07) is 8.10. The van der Waals surface area contributed by atoms with E-state index in [1.807, 2.05) is 24.5 Å². The van der Waals surface area contributed by atoms with Gasteiger partial charge in [0.1, 0.15) is 23.7 Å². The lowest BCUT2D eigenvalue weighted by Gasteiger charge is -2.10. The van der Waals surface area contributed by atoms with Crippen molar-refractivity contribution in [3.05, 3.63) is 59.2 Å². The minimum absolute atomic E-state index is 0.0725. The zero-order valence-corrected chi connectivity index (χ0v) is 14.0. The largest absolute Gasteiger partial charge is 0.471 e. The van der Waals surface area contributed by atoms with Gasteiger partial charge in [0.05, 0.1) is 6.54 Å². The monoisotopic (exact) mass is 326 g/mol. The van der Waals surface area contributed by atoms with Crippen LogP contribution in [-0.4, -0.2) is 15.3 Å². The summed E-state index contributed by atoms with van der Waals surface area (Å²) in [6.45, 7) is 6.15. The number of ether oxygens (including phenoxy) is 1. The van der Waals surface area contributed by atoms with E-state index < -0.39 is 0 Å². The molecule has 5 heteroatoms. The quantitative estimate of drug-likeness (QED) is 0.713. The van der Waals surface area contributed by atoms with Gasteiger partial charge in [0.2, 0.25) is 5.88 Å². The van der Waals surface area contributed by atoms with Gasteiger partial charge in [0.15, 0.2) is 0 Å². The number of ketones is 1. The van der Waals surface area contributed by atoms with E-state index >= 15 is 0 Å². The van der Waals surface area contributed by atoms with Gasteiger partial charge in [-0.2, -0.15) is 0 Å². The zero-order valence-electron chi connectivity index (χ0n) is 14.0. The van der Waals surface area contributed by atoms with E-state index in [2.05, 4.69) is 4.98 Å². The fourth-order valence-corrected chi connectivity index (χ4v) is 2.82. The molecule has 0 aliphatic carbocycles. The van der Waals surface area contributed by atoms with Crippen molar-refractivity contribution in [2.75, 3.05) is 0 Å². The van der Waals surface area contributed by atoms with Gasteiger partial charge in [-0.3, -0.25) is 4.79 Å². The van der Waals surface area contributed by atoms with Crippen LogP contribution in [-0.2, 0) is 17.9 Å². The molecule has 0 aliphatic rings. The third kappa shape index (κ3) is 3.02. The van der Waals surface area contributed by atoms with Gasteiger partial charge in [-0.15, -0.1) is 0 Å². The average Bonchev–Trinajstić information content (AvgIpc) is 2.80. The van der Waals surface area contributed by atoms with Gasteiger partial charge in [-0.25, -0.2) is 9.37 Å². The molecular formula is C19H19FN2O2. The van der Waals surface area contributed by atoms with E-state index in [1.165, 1.54) is 12.1 Å². The molecule has 0 spiro atoms. The summed E-state index contributed by atoms with van der Waals surface area (Å²) in [7, 11) is 0. The number of carbonyl (C=O) groups excluding carboxylic acids is 1. The number of carbonyl (C=O) groups is 1. The highest BCUT2D eigenvalue weighted by Gasteiger charge is 2.17. The lowest BCUT2D eigenvalue weighted by atomic mass is 10.2. The van der Waals surface area contributed by atoms with Crippen LogP contribution in [0.5, 0.6) is 5.88 Å². The third-order valence-electron chi connectivity index (χ3n) is 4.18. The average molecular weight is 326 g/mol. The molecule has 24 heavy (non-hydrogen) atoms. The van der Waals surface area contributed by atoms with Crippen LogP contribution in [0.3, 0.4) is 0 Å². The number of aromatic nitrogens is 2. The van der Waals surface area contributed by atoms with Crippen molar-refractivity contribution in [2.24, 2.45) is 0 Å². The summed E-state index contributed by atoms with van der Waals surface area (Å²) < 4.78 is 20.8. The number of Topliss-reactive ketones (excluding diaryl/α,β-unsaturated/α-hetero) is 1. The van der Waals surface area contributed by atoms with Gasteiger partial charge in [0, 0.05) is 17.3 Å². The number of benzene rings is 1. The maximum atomic E-state index is 13.0. The van der Waals surface area contributed by atoms with E-state index in [1.54, 1.807) is 25.3 Å². The van der Waals surface area contributed by atoms with Gasteiger partial charge in [0.25, 0.3) is 0 Å². The predicted molar refractivity (Wildman–Crippen MR) is 90.6 cm³/mol. The topological polar surface area (TPSA) is 44.1 Å². The Labute approximate surface area is 139 Å². The third-order valence-corrected chi connectivity index (χ3v) is 4.18. The maximum absolute atomic E-state index is 13.0. The molecule has 2 heterocycles. The summed E-state index contributed by atoms with van der Waals surface area (Å²) in [5.41, 5.74) is 3.82. The number of fused-ring (bicyclic) bond motifs is 1. The van der Waals surface area contributed by atoms with Crippen molar-refractivity contribution in [2.45, 2.75) is 33.9 Å². The molecule has 0 amide bonds. The summed E-state index contributed by atoms with van der Waals surface area (Å²) >= 11 is 0. The first kappa shape index (κ1) is 16.2. The zero-order chi connectivity index (χ0) is 17.3. The number of hydrogen-bond donors (Lipinski definition) is 0. The SMILES string of the molecule is CC(=O)Cn1c(C)c(C)c2ccnc(OCc3ccc(F)cc3)c21. The lowest BCUT2D eigenvalue weighted by Crippen LogP contribution is -2.09. The van der Waals surface area contributed by atoms with Gasteiger partial charge in [-0.05, 0) is 50.1 Å². The van der Waals surface area contributed by atoms with E-state index in [-0.39, 0.29) is 24.8 Å². The minimum Gasteiger partial charge on any atom is -0.471 e. The standard InChI is InChI=1S/C19H19FN2O2/c1-12(23)10-22-14(3)13(2)17-8-9-21-19(18(17)22)24-11-15-4-6-16(20)7-5-15/h4-9H,10-11H2,1-3H3. The van der Waals surface area contributed by atoms with Crippen LogP contribution < -0.4 is 4.74 Å². The molecule has 0 atom stereocenters. The van der Waals surface area contributed by atoms with Crippen molar-refractivity contribution in [3.8, 4) is 5.88 Å². The van der Waals surface area contributed by atoms with Crippen LogP contribution in [0, 0.1) is 19.7 Å². The second-order valence-electron chi connectivity index (χ2n) is 5.93. The molecule has 0 radical (unpaired) electrons. The Bertz CT molecular complexity index is 898. The molecule has 0 bridgehead atoms. The normalized spacial score (nSPS) is 11.0. The Morgan fingerprint density at radius 2 is 1.92 bits per heavy atom. The summed E-state index contributed by atoms with van der Waals surface area (Å²) in [5.74, 6) is 0.276. The molecule has 0 unspecified atom stereocenters. The smallest absolute Gasteiger partial charge is 0.238 e. The predicted octanol–water partition coefficient (Wildman–Crippen LogP) is 3.96. The fraction of sp³-hybridized carbons (Fsp3) is 0.263. The van der Waals surface area contributed by atoms with Gasteiger partial charge >= 0.3 is 0 Å². The Kier molecular flexibility index (Phi) is 4.34. The highest BCUT2D eigenvalue weighted by molar-refractivity contribution is 5.90. The Balaban J connectivity index is 1.99.